The molecule has 8 nitrogen and oxygen atoms in total. The summed E-state index contributed by atoms with van der Waals surface area (Å²) in [7, 11) is 1.23. The number of ether oxygens (including phenoxy) is 2. The summed E-state index contributed by atoms with van der Waals surface area (Å²) in [4.78, 5) is 34.6. The van der Waals surface area contributed by atoms with E-state index < -0.39 is 17.8 Å². The highest BCUT2D eigenvalue weighted by Gasteiger charge is 2.13. The summed E-state index contributed by atoms with van der Waals surface area (Å²) in [6, 6.07) is 14.0. The number of esters is 1. The molecule has 0 fully saturated rings. The van der Waals surface area contributed by atoms with Crippen LogP contribution < -0.4 is 10.1 Å². The molecule has 2 aromatic rings. The van der Waals surface area contributed by atoms with E-state index in [2.05, 4.69) is 10.1 Å². The monoisotopic (exact) mass is 380 g/mol. The fourth-order valence-electron chi connectivity index (χ4n) is 2.16. The van der Waals surface area contributed by atoms with Crippen molar-refractivity contribution in [3.05, 3.63) is 65.2 Å². The van der Waals surface area contributed by atoms with Gasteiger partial charge in [-0.1, -0.05) is 24.3 Å². The normalized spacial score (nSPS) is 10.5. The standard InChI is InChI=1S/C20H16N2O6/c1-27-18(23)12-28-17-8-3-2-5-13(17)9-15(11-21)19(24)22-16-7-4-6-14(10-16)20(25)26/h2-10H,12H2,1H3,(H,22,24)(H,25,26)/b15-9-. The molecule has 0 saturated heterocycles. The molecule has 142 valence electrons. The molecule has 0 spiro atoms. The molecule has 0 aliphatic carbocycles. The number of carbonyl (C=O) groups excluding carboxylic acids is 2. The molecule has 0 radical (unpaired) electrons. The lowest BCUT2D eigenvalue weighted by atomic mass is 10.1. The van der Waals surface area contributed by atoms with Gasteiger partial charge in [0, 0.05) is 11.3 Å². The average molecular weight is 380 g/mol. The zero-order valence-corrected chi connectivity index (χ0v) is 14.8. The van der Waals surface area contributed by atoms with Crippen molar-refractivity contribution < 1.29 is 29.0 Å². The molecule has 1 amide bonds. The van der Waals surface area contributed by atoms with Crippen LogP contribution >= 0.6 is 0 Å². The third-order valence-electron chi connectivity index (χ3n) is 3.52. The minimum Gasteiger partial charge on any atom is -0.481 e. The largest absolute Gasteiger partial charge is 0.481 e. The fourth-order valence-corrected chi connectivity index (χ4v) is 2.16. The number of para-hydroxylation sites is 1. The Bertz CT molecular complexity index is 975. The number of hydrogen-bond acceptors (Lipinski definition) is 6. The van der Waals surface area contributed by atoms with E-state index in [1.54, 1.807) is 30.3 Å². The van der Waals surface area contributed by atoms with Gasteiger partial charge >= 0.3 is 11.9 Å². The maximum atomic E-state index is 12.4. The lowest BCUT2D eigenvalue weighted by Gasteiger charge is -2.09. The molecule has 0 saturated carbocycles. The van der Waals surface area contributed by atoms with Gasteiger partial charge in [0.1, 0.15) is 17.4 Å². The number of nitriles is 1. The second-order valence-corrected chi connectivity index (χ2v) is 5.41. The molecule has 0 aliphatic rings. The molecule has 8 heteroatoms. The van der Waals surface area contributed by atoms with Crippen molar-refractivity contribution in [2.75, 3.05) is 19.0 Å². The van der Waals surface area contributed by atoms with Gasteiger partial charge in [0.25, 0.3) is 5.91 Å². The number of nitrogens with zero attached hydrogens (tertiary/aromatic N) is 1. The van der Waals surface area contributed by atoms with E-state index in [1.807, 2.05) is 0 Å². The van der Waals surface area contributed by atoms with Crippen LogP contribution in [0.2, 0.25) is 0 Å². The zero-order valence-electron chi connectivity index (χ0n) is 14.8. The van der Waals surface area contributed by atoms with Crippen molar-refractivity contribution in [2.24, 2.45) is 0 Å². The molecule has 0 unspecified atom stereocenters. The molecule has 0 aliphatic heterocycles. The molecular formula is C20H16N2O6. The maximum absolute atomic E-state index is 12.4. The fraction of sp³-hybridized carbons (Fsp3) is 0.100. The quantitative estimate of drug-likeness (QED) is 0.429. The van der Waals surface area contributed by atoms with Crippen LogP contribution in [0.15, 0.2) is 54.1 Å². The third kappa shape index (κ3) is 5.44. The van der Waals surface area contributed by atoms with Crippen LogP contribution in [0.25, 0.3) is 6.08 Å². The molecule has 28 heavy (non-hydrogen) atoms. The third-order valence-corrected chi connectivity index (χ3v) is 3.52. The number of nitrogens with one attached hydrogen (secondary N) is 1. The van der Waals surface area contributed by atoms with Gasteiger partial charge in [-0.05, 0) is 30.3 Å². The Morgan fingerprint density at radius 1 is 1.18 bits per heavy atom. The highest BCUT2D eigenvalue weighted by atomic mass is 16.6. The van der Waals surface area contributed by atoms with E-state index >= 15 is 0 Å². The molecule has 0 heterocycles. The minimum atomic E-state index is -1.14. The summed E-state index contributed by atoms with van der Waals surface area (Å²) in [5, 5.41) is 20.8. The van der Waals surface area contributed by atoms with Crippen molar-refractivity contribution in [2.45, 2.75) is 0 Å². The number of benzene rings is 2. The van der Waals surface area contributed by atoms with Gasteiger partial charge in [-0.25, -0.2) is 9.59 Å². The zero-order chi connectivity index (χ0) is 20.5. The molecular weight excluding hydrogens is 364 g/mol. The lowest BCUT2D eigenvalue weighted by Crippen LogP contribution is -2.14. The Kier molecular flexibility index (Phi) is 6.88. The van der Waals surface area contributed by atoms with Gasteiger partial charge in [0.2, 0.25) is 0 Å². The summed E-state index contributed by atoms with van der Waals surface area (Å²) in [6.45, 7) is -0.322. The Balaban J connectivity index is 2.23. The molecule has 2 rings (SSSR count). The maximum Gasteiger partial charge on any atom is 0.343 e. The molecule has 0 atom stereocenters. The molecule has 0 aromatic heterocycles. The van der Waals surface area contributed by atoms with Crippen molar-refractivity contribution in [3.63, 3.8) is 0 Å². The van der Waals surface area contributed by atoms with Gasteiger partial charge in [-0.3, -0.25) is 4.79 Å². The van der Waals surface area contributed by atoms with E-state index in [4.69, 9.17) is 9.84 Å². The summed E-state index contributed by atoms with van der Waals surface area (Å²) in [6.07, 6.45) is 1.31. The van der Waals surface area contributed by atoms with E-state index in [0.29, 0.717) is 11.3 Å². The van der Waals surface area contributed by atoms with Gasteiger partial charge in [0.15, 0.2) is 6.61 Å². The smallest absolute Gasteiger partial charge is 0.343 e. The van der Waals surface area contributed by atoms with Gasteiger partial charge in [-0.15, -0.1) is 0 Å². The van der Waals surface area contributed by atoms with E-state index in [0.717, 1.165) is 0 Å². The number of methoxy groups -OCH3 is 1. The van der Waals surface area contributed by atoms with Crippen LogP contribution in [0.1, 0.15) is 15.9 Å². The number of carboxylic acids is 1. The second-order valence-electron chi connectivity index (χ2n) is 5.41. The minimum absolute atomic E-state index is 0.00171. The van der Waals surface area contributed by atoms with Gasteiger partial charge in [0.05, 0.1) is 12.7 Å². The lowest BCUT2D eigenvalue weighted by molar-refractivity contribution is -0.142. The number of anilines is 1. The van der Waals surface area contributed by atoms with Gasteiger partial charge < -0.3 is 19.9 Å². The van der Waals surface area contributed by atoms with Crippen molar-refractivity contribution in [3.8, 4) is 11.8 Å². The van der Waals surface area contributed by atoms with Gasteiger partial charge in [-0.2, -0.15) is 5.26 Å². The Labute approximate surface area is 160 Å². The van der Waals surface area contributed by atoms with Crippen LogP contribution in [0, 0.1) is 11.3 Å². The summed E-state index contributed by atoms with van der Waals surface area (Å²) in [5.41, 5.74) is 0.426. The van der Waals surface area contributed by atoms with Crippen LogP contribution in [-0.4, -0.2) is 36.7 Å². The topological polar surface area (TPSA) is 126 Å². The van der Waals surface area contributed by atoms with Crippen LogP contribution in [-0.2, 0) is 14.3 Å². The predicted molar refractivity (Wildman–Crippen MR) is 99.6 cm³/mol. The Morgan fingerprint density at radius 3 is 2.61 bits per heavy atom. The number of amides is 1. The summed E-state index contributed by atoms with van der Waals surface area (Å²) >= 11 is 0. The summed E-state index contributed by atoms with van der Waals surface area (Å²) < 4.78 is 9.86. The summed E-state index contributed by atoms with van der Waals surface area (Å²) in [5.74, 6) is -2.13. The average Bonchev–Trinajstić information content (AvgIpc) is 2.70. The molecule has 2 aromatic carbocycles. The first-order valence-electron chi connectivity index (χ1n) is 7.99. The van der Waals surface area contributed by atoms with Crippen LogP contribution in [0.4, 0.5) is 5.69 Å². The number of carbonyl (C=O) groups is 3. The molecule has 0 bridgehead atoms. The first-order valence-corrected chi connectivity index (χ1v) is 7.99. The Morgan fingerprint density at radius 2 is 1.93 bits per heavy atom. The predicted octanol–water partition coefficient (Wildman–Crippen LogP) is 2.48. The van der Waals surface area contributed by atoms with Crippen molar-refractivity contribution in [1.29, 1.82) is 5.26 Å². The van der Waals surface area contributed by atoms with Crippen molar-refractivity contribution >= 4 is 29.6 Å². The number of rotatable bonds is 7. The van der Waals surface area contributed by atoms with E-state index in [1.165, 1.54) is 37.5 Å². The highest BCUT2D eigenvalue weighted by molar-refractivity contribution is 6.10. The van der Waals surface area contributed by atoms with E-state index in [9.17, 15) is 19.6 Å². The molecule has 2 N–H and O–H groups in total. The van der Waals surface area contributed by atoms with E-state index in [-0.39, 0.29) is 23.4 Å². The second kappa shape index (κ2) is 9.54. The Hall–Kier alpha value is -4.12. The number of carboxylic acid groups (broad SMARTS) is 1. The first-order chi connectivity index (χ1) is 13.4. The van der Waals surface area contributed by atoms with Crippen LogP contribution in [0.3, 0.4) is 0 Å². The first kappa shape index (κ1) is 20.2. The van der Waals surface area contributed by atoms with Crippen molar-refractivity contribution in [1.82, 2.24) is 0 Å². The SMILES string of the molecule is COC(=O)COc1ccccc1/C=C(/C#N)C(=O)Nc1cccc(C(=O)O)c1. The number of hydrogen-bond donors (Lipinski definition) is 2. The van der Waals surface area contributed by atoms with Crippen LogP contribution in [0.5, 0.6) is 5.75 Å². The number of aromatic carboxylic acids is 1. The highest BCUT2D eigenvalue weighted by Crippen LogP contribution is 2.22.